The van der Waals surface area contributed by atoms with Crippen LogP contribution in [0.25, 0.3) is 0 Å². The topological polar surface area (TPSA) is 33.3 Å². The highest BCUT2D eigenvalue weighted by Gasteiger charge is 2.15. The minimum atomic E-state index is -0.397. The van der Waals surface area contributed by atoms with Crippen molar-refractivity contribution in [2.75, 3.05) is 12.4 Å². The molecule has 1 fully saturated rings. The Bertz CT molecular complexity index is 433. The second-order valence-corrected chi connectivity index (χ2v) is 4.84. The second-order valence-electron chi connectivity index (χ2n) is 4.43. The number of rotatable bonds is 3. The molecule has 18 heavy (non-hydrogen) atoms. The van der Waals surface area contributed by atoms with Crippen molar-refractivity contribution >= 4 is 23.0 Å². The lowest BCUT2D eigenvalue weighted by atomic mass is 10.2. The van der Waals surface area contributed by atoms with Crippen LogP contribution in [-0.2, 0) is 0 Å². The summed E-state index contributed by atoms with van der Waals surface area (Å²) in [7, 11) is 1.44. The number of hydrogen-bond donors (Lipinski definition) is 2. The molecule has 1 aliphatic carbocycles. The molecule has 0 spiro atoms. The van der Waals surface area contributed by atoms with E-state index in [1.807, 2.05) is 0 Å². The molecule has 0 unspecified atom stereocenters. The Hall–Kier alpha value is -1.36. The molecule has 0 bridgehead atoms. The molecule has 2 rings (SSSR count). The lowest BCUT2D eigenvalue weighted by Crippen LogP contribution is -2.35. The lowest BCUT2D eigenvalue weighted by Gasteiger charge is -2.16. The molecule has 0 radical (unpaired) electrons. The maximum atomic E-state index is 13.5. The van der Waals surface area contributed by atoms with E-state index in [4.69, 9.17) is 17.0 Å². The third-order valence-electron chi connectivity index (χ3n) is 3.10. The van der Waals surface area contributed by atoms with Crippen molar-refractivity contribution in [3.8, 4) is 5.75 Å². The molecule has 3 nitrogen and oxygen atoms in total. The molecule has 0 saturated heterocycles. The highest BCUT2D eigenvalue weighted by atomic mass is 32.1. The molecule has 0 amide bonds. The summed E-state index contributed by atoms with van der Waals surface area (Å²) in [5.74, 6) is -0.165. The van der Waals surface area contributed by atoms with Crippen molar-refractivity contribution in [3.63, 3.8) is 0 Å². The van der Waals surface area contributed by atoms with Gasteiger partial charge >= 0.3 is 0 Å². The highest BCUT2D eigenvalue weighted by Crippen LogP contribution is 2.21. The van der Waals surface area contributed by atoms with Gasteiger partial charge in [0.1, 0.15) is 0 Å². The normalized spacial score (nSPS) is 15.4. The van der Waals surface area contributed by atoms with Gasteiger partial charge in [0, 0.05) is 17.8 Å². The Morgan fingerprint density at radius 1 is 1.39 bits per heavy atom. The van der Waals surface area contributed by atoms with Gasteiger partial charge in [0.25, 0.3) is 0 Å². The van der Waals surface area contributed by atoms with Gasteiger partial charge in [-0.2, -0.15) is 0 Å². The average Bonchev–Trinajstić information content (AvgIpc) is 2.82. The van der Waals surface area contributed by atoms with E-state index >= 15 is 0 Å². The quantitative estimate of drug-likeness (QED) is 0.826. The van der Waals surface area contributed by atoms with Crippen LogP contribution in [0, 0.1) is 5.82 Å². The van der Waals surface area contributed by atoms with E-state index in [0.717, 1.165) is 12.8 Å². The maximum Gasteiger partial charge on any atom is 0.170 e. The van der Waals surface area contributed by atoms with Crippen LogP contribution in [0.4, 0.5) is 10.1 Å². The van der Waals surface area contributed by atoms with Crippen molar-refractivity contribution in [1.29, 1.82) is 0 Å². The minimum Gasteiger partial charge on any atom is -0.494 e. The van der Waals surface area contributed by atoms with Crippen molar-refractivity contribution in [2.45, 2.75) is 31.7 Å². The fourth-order valence-corrected chi connectivity index (χ4v) is 2.45. The second kappa shape index (κ2) is 6.00. The lowest BCUT2D eigenvalue weighted by molar-refractivity contribution is 0.386. The van der Waals surface area contributed by atoms with Crippen LogP contribution in [-0.4, -0.2) is 18.3 Å². The largest absolute Gasteiger partial charge is 0.494 e. The van der Waals surface area contributed by atoms with Gasteiger partial charge in [0.05, 0.1) is 7.11 Å². The fraction of sp³-hybridized carbons (Fsp3) is 0.462. The van der Waals surface area contributed by atoms with Crippen LogP contribution in [0.15, 0.2) is 18.2 Å². The summed E-state index contributed by atoms with van der Waals surface area (Å²) in [5.41, 5.74) is 0.629. The van der Waals surface area contributed by atoms with Crippen molar-refractivity contribution in [2.24, 2.45) is 0 Å². The number of halogens is 1. The maximum absolute atomic E-state index is 13.5. The third kappa shape index (κ3) is 3.32. The van der Waals surface area contributed by atoms with Gasteiger partial charge in [-0.05, 0) is 37.2 Å². The predicted molar refractivity (Wildman–Crippen MR) is 74.6 cm³/mol. The van der Waals surface area contributed by atoms with Crippen LogP contribution in [0.5, 0.6) is 5.75 Å². The first-order valence-electron chi connectivity index (χ1n) is 6.10. The predicted octanol–water partition coefficient (Wildman–Crippen LogP) is 3.06. The third-order valence-corrected chi connectivity index (χ3v) is 3.32. The summed E-state index contributed by atoms with van der Waals surface area (Å²) in [5, 5.41) is 6.78. The number of benzene rings is 1. The number of thiocarbonyl (C=S) groups is 1. The van der Waals surface area contributed by atoms with Crippen LogP contribution < -0.4 is 15.4 Å². The Morgan fingerprint density at radius 2 is 2.11 bits per heavy atom. The van der Waals surface area contributed by atoms with Gasteiger partial charge < -0.3 is 15.4 Å². The molecule has 5 heteroatoms. The standard InChI is InChI=1S/C13H17FN2OS/c1-17-12-7-6-10(8-11(12)14)16-13(18)15-9-4-2-3-5-9/h6-9H,2-5H2,1H3,(H2,15,16,18). The zero-order valence-corrected chi connectivity index (χ0v) is 11.1. The monoisotopic (exact) mass is 268 g/mol. The average molecular weight is 268 g/mol. The number of anilines is 1. The summed E-state index contributed by atoms with van der Waals surface area (Å²) in [6, 6.07) is 5.15. The first kappa shape index (κ1) is 13.1. The molecule has 0 heterocycles. The molecular formula is C13H17FN2OS. The Morgan fingerprint density at radius 3 is 2.72 bits per heavy atom. The van der Waals surface area contributed by atoms with Crippen LogP contribution in [0.1, 0.15) is 25.7 Å². The number of methoxy groups -OCH3 is 1. The summed E-state index contributed by atoms with van der Waals surface area (Å²) in [4.78, 5) is 0. The Kier molecular flexibility index (Phi) is 4.36. The molecular weight excluding hydrogens is 251 g/mol. The molecule has 0 aliphatic heterocycles. The van der Waals surface area contributed by atoms with Crippen LogP contribution in [0.3, 0.4) is 0 Å². The van der Waals surface area contributed by atoms with Gasteiger partial charge in [-0.3, -0.25) is 0 Å². The van der Waals surface area contributed by atoms with E-state index in [1.165, 1.54) is 26.0 Å². The molecule has 98 valence electrons. The SMILES string of the molecule is COc1ccc(NC(=S)NC2CCCC2)cc1F. The molecule has 1 aliphatic rings. The van der Waals surface area contributed by atoms with E-state index in [1.54, 1.807) is 12.1 Å². The Balaban J connectivity index is 1.92. The van der Waals surface area contributed by atoms with Gasteiger partial charge in [0.15, 0.2) is 16.7 Å². The molecule has 1 saturated carbocycles. The Labute approximate surface area is 112 Å². The smallest absolute Gasteiger partial charge is 0.170 e. The highest BCUT2D eigenvalue weighted by molar-refractivity contribution is 7.80. The molecule has 0 aromatic heterocycles. The van der Waals surface area contributed by atoms with Crippen LogP contribution in [0.2, 0.25) is 0 Å². The summed E-state index contributed by atoms with van der Waals surface area (Å²) >= 11 is 5.20. The number of nitrogens with one attached hydrogen (secondary N) is 2. The van der Waals surface area contributed by atoms with E-state index in [9.17, 15) is 4.39 Å². The van der Waals surface area contributed by atoms with Crippen molar-refractivity contribution < 1.29 is 9.13 Å². The van der Waals surface area contributed by atoms with E-state index in [-0.39, 0.29) is 5.75 Å². The van der Waals surface area contributed by atoms with Gasteiger partial charge in [-0.1, -0.05) is 12.8 Å². The fourth-order valence-electron chi connectivity index (χ4n) is 2.17. The van der Waals surface area contributed by atoms with Crippen LogP contribution >= 0.6 is 12.2 Å². The molecule has 0 atom stereocenters. The summed E-state index contributed by atoms with van der Waals surface area (Å²) in [6.07, 6.45) is 4.80. The summed E-state index contributed by atoms with van der Waals surface area (Å²) < 4.78 is 18.3. The zero-order valence-electron chi connectivity index (χ0n) is 10.3. The zero-order chi connectivity index (χ0) is 13.0. The molecule has 2 N–H and O–H groups in total. The van der Waals surface area contributed by atoms with E-state index in [2.05, 4.69) is 10.6 Å². The van der Waals surface area contributed by atoms with Gasteiger partial charge in [0.2, 0.25) is 0 Å². The van der Waals surface area contributed by atoms with Gasteiger partial charge in [-0.25, -0.2) is 4.39 Å². The van der Waals surface area contributed by atoms with Crippen molar-refractivity contribution in [1.82, 2.24) is 5.32 Å². The van der Waals surface area contributed by atoms with E-state index in [0.29, 0.717) is 16.8 Å². The summed E-state index contributed by atoms with van der Waals surface area (Å²) in [6.45, 7) is 0. The molecule has 1 aromatic carbocycles. The minimum absolute atomic E-state index is 0.232. The molecule has 1 aromatic rings. The number of ether oxygens (including phenoxy) is 1. The van der Waals surface area contributed by atoms with E-state index < -0.39 is 5.82 Å². The van der Waals surface area contributed by atoms with Crippen molar-refractivity contribution in [3.05, 3.63) is 24.0 Å². The first-order valence-corrected chi connectivity index (χ1v) is 6.51. The number of hydrogen-bond acceptors (Lipinski definition) is 2. The van der Waals surface area contributed by atoms with Gasteiger partial charge in [-0.15, -0.1) is 0 Å². The first-order chi connectivity index (χ1) is 8.69.